The van der Waals surface area contributed by atoms with Crippen LogP contribution in [0.25, 0.3) is 6.08 Å². The number of allylic oxidation sites excluding steroid dienone is 1. The van der Waals surface area contributed by atoms with E-state index in [1.807, 2.05) is 86.7 Å². The summed E-state index contributed by atoms with van der Waals surface area (Å²) in [4.78, 5) is 32.2. The Bertz CT molecular complexity index is 1830. The van der Waals surface area contributed by atoms with Crippen molar-refractivity contribution >= 4 is 61.9 Å². The van der Waals surface area contributed by atoms with E-state index in [1.165, 1.54) is 18.4 Å². The van der Waals surface area contributed by atoms with E-state index in [9.17, 15) is 9.59 Å². The minimum atomic E-state index is -0.644. The third-order valence-corrected chi connectivity index (χ3v) is 8.98. The number of hydrogen-bond donors (Lipinski definition) is 0. The highest BCUT2D eigenvalue weighted by Gasteiger charge is 2.33. The molecule has 1 aliphatic heterocycles. The molecule has 0 bridgehead atoms. The van der Waals surface area contributed by atoms with Crippen molar-refractivity contribution in [3.8, 4) is 11.5 Å². The molecule has 7 nitrogen and oxygen atoms in total. The molecule has 0 aliphatic carbocycles. The average molecular weight is 759 g/mol. The summed E-state index contributed by atoms with van der Waals surface area (Å²) in [7, 11) is 1.34. The molecule has 42 heavy (non-hydrogen) atoms. The van der Waals surface area contributed by atoms with Crippen molar-refractivity contribution in [1.82, 2.24) is 4.57 Å². The van der Waals surface area contributed by atoms with Crippen LogP contribution < -0.4 is 24.4 Å². The normalized spacial score (nSPS) is 14.8. The highest BCUT2D eigenvalue weighted by atomic mass is 127. The van der Waals surface area contributed by atoms with Gasteiger partial charge in [-0.25, -0.2) is 9.79 Å². The van der Waals surface area contributed by atoms with Gasteiger partial charge in [-0.1, -0.05) is 60.7 Å². The van der Waals surface area contributed by atoms with Crippen molar-refractivity contribution in [3.05, 3.63) is 122 Å². The fraction of sp³-hybridized carbons (Fsp3) is 0.219. The molecule has 5 rings (SSSR count). The maximum atomic E-state index is 13.9. The lowest BCUT2D eigenvalue weighted by molar-refractivity contribution is -0.136. The zero-order valence-electron chi connectivity index (χ0n) is 23.2. The summed E-state index contributed by atoms with van der Waals surface area (Å²) in [5, 5.41) is 0. The van der Waals surface area contributed by atoms with Crippen LogP contribution in [0.3, 0.4) is 0 Å². The van der Waals surface area contributed by atoms with Crippen LogP contribution in [0.2, 0.25) is 0 Å². The number of ether oxygens (including phenoxy) is 3. The Morgan fingerprint density at radius 1 is 1.10 bits per heavy atom. The van der Waals surface area contributed by atoms with Crippen molar-refractivity contribution in [2.45, 2.75) is 32.9 Å². The molecule has 0 saturated heterocycles. The van der Waals surface area contributed by atoms with Crippen LogP contribution in [-0.4, -0.2) is 24.3 Å². The smallest absolute Gasteiger partial charge is 0.338 e. The number of carbonyl (C=O) groups excluding carboxylic acids is 1. The van der Waals surface area contributed by atoms with Gasteiger partial charge in [-0.15, -0.1) is 0 Å². The number of fused-ring (bicyclic) bond motifs is 1. The largest absolute Gasteiger partial charge is 0.490 e. The second-order valence-corrected chi connectivity index (χ2v) is 12.5. The van der Waals surface area contributed by atoms with E-state index >= 15 is 0 Å². The molecule has 2 heterocycles. The number of aromatic nitrogens is 1. The summed E-state index contributed by atoms with van der Waals surface area (Å²) in [5.41, 5.74) is 3.36. The van der Waals surface area contributed by atoms with E-state index < -0.39 is 12.0 Å². The van der Waals surface area contributed by atoms with Gasteiger partial charge in [-0.05, 0) is 98.9 Å². The van der Waals surface area contributed by atoms with E-state index in [2.05, 4.69) is 38.5 Å². The van der Waals surface area contributed by atoms with E-state index in [-0.39, 0.29) is 5.56 Å². The number of halogens is 2. The third-order valence-electron chi connectivity index (χ3n) is 6.69. The van der Waals surface area contributed by atoms with Crippen molar-refractivity contribution in [3.63, 3.8) is 0 Å². The van der Waals surface area contributed by atoms with E-state index in [4.69, 9.17) is 19.2 Å². The first-order valence-corrected chi connectivity index (χ1v) is 16.0. The molecule has 0 fully saturated rings. The zero-order chi connectivity index (χ0) is 29.8. The van der Waals surface area contributed by atoms with Gasteiger partial charge in [-0.2, -0.15) is 0 Å². The van der Waals surface area contributed by atoms with Gasteiger partial charge in [0.25, 0.3) is 5.56 Å². The predicted molar refractivity (Wildman–Crippen MR) is 176 cm³/mol. The van der Waals surface area contributed by atoms with Gasteiger partial charge in [0.05, 0.1) is 40.0 Å². The number of hydrogen-bond acceptors (Lipinski definition) is 7. The summed E-state index contributed by atoms with van der Waals surface area (Å²) in [5.74, 6) is 0.665. The van der Waals surface area contributed by atoms with Gasteiger partial charge in [0.2, 0.25) is 0 Å². The lowest BCUT2D eigenvalue weighted by atomic mass is 9.95. The van der Waals surface area contributed by atoms with Crippen molar-refractivity contribution < 1.29 is 19.0 Å². The molecule has 1 atom stereocenters. The fourth-order valence-corrected chi connectivity index (χ4v) is 6.73. The quantitative estimate of drug-likeness (QED) is 0.151. The van der Waals surface area contributed by atoms with Crippen molar-refractivity contribution in [2.24, 2.45) is 4.99 Å². The molecule has 216 valence electrons. The zero-order valence-corrected chi connectivity index (χ0v) is 27.8. The molecule has 0 saturated carbocycles. The highest BCUT2D eigenvalue weighted by Crippen LogP contribution is 2.38. The van der Waals surface area contributed by atoms with Crippen LogP contribution in [0.5, 0.6) is 11.5 Å². The second-order valence-electron chi connectivity index (χ2n) is 9.38. The monoisotopic (exact) mass is 758 g/mol. The molecule has 0 amide bonds. The van der Waals surface area contributed by atoms with Gasteiger partial charge in [0.1, 0.15) is 6.61 Å². The van der Waals surface area contributed by atoms with Crippen LogP contribution in [0.15, 0.2) is 92.3 Å². The number of carbonyl (C=O) groups is 1. The molecule has 0 unspecified atom stereocenters. The highest BCUT2D eigenvalue weighted by molar-refractivity contribution is 14.1. The van der Waals surface area contributed by atoms with E-state index in [0.29, 0.717) is 56.2 Å². The van der Waals surface area contributed by atoms with Crippen LogP contribution in [-0.2, 0) is 16.1 Å². The van der Waals surface area contributed by atoms with Crippen LogP contribution in [0, 0.1) is 3.57 Å². The summed E-state index contributed by atoms with van der Waals surface area (Å²) < 4.78 is 21.2. The molecular weight excluding hydrogens is 731 g/mol. The van der Waals surface area contributed by atoms with Gasteiger partial charge < -0.3 is 14.2 Å². The second kappa shape index (κ2) is 13.4. The summed E-state index contributed by atoms with van der Waals surface area (Å²) in [6.45, 7) is 4.68. The molecule has 0 N–H and O–H groups in total. The SMILES string of the molecule is CCOc1cc(/C=c2\sc3n(c2=O)[C@@H](c2ccccc2)C(C(=O)OC)=C(CC)N=3)cc(Br)c1OCc1ccc(I)cc1. The van der Waals surface area contributed by atoms with Crippen LogP contribution in [0.1, 0.15) is 43.0 Å². The molecule has 1 aliphatic rings. The topological polar surface area (TPSA) is 79.1 Å². The molecule has 4 aromatic rings. The van der Waals surface area contributed by atoms with E-state index in [0.717, 1.165) is 20.3 Å². The maximum Gasteiger partial charge on any atom is 0.338 e. The minimum absolute atomic E-state index is 0.239. The lowest BCUT2D eigenvalue weighted by Crippen LogP contribution is -2.40. The molecule has 0 radical (unpaired) electrons. The average Bonchev–Trinajstić information content (AvgIpc) is 3.30. The Kier molecular flexibility index (Phi) is 9.64. The number of methoxy groups -OCH3 is 1. The number of thiazole rings is 1. The van der Waals surface area contributed by atoms with Gasteiger partial charge in [0.15, 0.2) is 16.3 Å². The number of rotatable bonds is 9. The van der Waals surface area contributed by atoms with Crippen LogP contribution >= 0.6 is 49.9 Å². The Balaban J connectivity index is 1.59. The number of esters is 1. The van der Waals surface area contributed by atoms with Gasteiger partial charge >= 0.3 is 5.97 Å². The summed E-state index contributed by atoms with van der Waals surface area (Å²) >= 11 is 7.21. The Morgan fingerprint density at radius 3 is 2.50 bits per heavy atom. The van der Waals surface area contributed by atoms with E-state index in [1.54, 1.807) is 4.57 Å². The van der Waals surface area contributed by atoms with Crippen molar-refractivity contribution in [2.75, 3.05) is 13.7 Å². The standard InChI is InChI=1S/C32H28BrIN2O5S/c1-4-24-27(31(38)39-3)28(21-9-7-6-8-10-21)36-30(37)26(42-32(36)35-24)17-20-15-23(33)29(25(16-20)40-5-2)41-18-19-11-13-22(34)14-12-19/h6-17,28H,4-5,18H2,1-3H3/b26-17-/t28-/m0/s1. The fourth-order valence-electron chi connectivity index (χ4n) is 4.78. The molecule has 1 aromatic heterocycles. The van der Waals surface area contributed by atoms with Crippen molar-refractivity contribution in [1.29, 1.82) is 0 Å². The van der Waals surface area contributed by atoms with Crippen LogP contribution in [0.4, 0.5) is 0 Å². The first-order chi connectivity index (χ1) is 20.3. The summed E-state index contributed by atoms with van der Waals surface area (Å²) in [6, 6.07) is 20.7. The number of nitrogens with zero attached hydrogens (tertiary/aromatic N) is 2. The summed E-state index contributed by atoms with van der Waals surface area (Å²) in [6.07, 6.45) is 2.34. The minimum Gasteiger partial charge on any atom is -0.490 e. The number of benzene rings is 3. The predicted octanol–water partition coefficient (Wildman–Crippen LogP) is 6.14. The molecule has 3 aromatic carbocycles. The van der Waals surface area contributed by atoms with Gasteiger partial charge in [0, 0.05) is 3.57 Å². The molecule has 10 heteroatoms. The lowest BCUT2D eigenvalue weighted by Gasteiger charge is -2.25. The Hall–Kier alpha value is -3.22. The molecular formula is C32H28BrIN2O5S. The molecule has 0 spiro atoms. The Morgan fingerprint density at radius 2 is 1.83 bits per heavy atom. The first kappa shape index (κ1) is 30.2. The first-order valence-electron chi connectivity index (χ1n) is 13.4. The Labute approximate surface area is 269 Å². The van der Waals surface area contributed by atoms with Gasteiger partial charge in [-0.3, -0.25) is 9.36 Å². The third kappa shape index (κ3) is 6.25. The maximum absolute atomic E-state index is 13.9.